The molecule has 1 aromatic heterocycles. The normalized spacial score (nSPS) is 13.7. The first kappa shape index (κ1) is 29.1. The van der Waals surface area contributed by atoms with Crippen LogP contribution in [0.3, 0.4) is 0 Å². The van der Waals surface area contributed by atoms with Crippen molar-refractivity contribution in [1.82, 2.24) is 0 Å². The second-order valence-corrected chi connectivity index (χ2v) is 10.5. The second kappa shape index (κ2) is 12.2. The Morgan fingerprint density at radius 2 is 1.53 bits per heavy atom. The number of hydrogen-bond donors (Lipinski definition) is 1. The minimum absolute atomic E-state index is 0.0711. The summed E-state index contributed by atoms with van der Waals surface area (Å²) in [6.45, 7) is 3.68. The third-order valence-electron chi connectivity index (χ3n) is 7.10. The first-order valence-corrected chi connectivity index (χ1v) is 13.6. The van der Waals surface area contributed by atoms with Crippen molar-refractivity contribution in [3.8, 4) is 17.2 Å². The lowest BCUT2D eigenvalue weighted by atomic mass is 9.96. The number of ketones is 1. The number of ether oxygens (including phenoxy) is 3. The molecule has 6 rings (SSSR count). The molecular weight excluding hydrogens is 548 g/mol. The van der Waals surface area contributed by atoms with Gasteiger partial charge in [0.05, 0.1) is 18.2 Å². The molecular formula is C35H30O8. The van der Waals surface area contributed by atoms with Crippen LogP contribution in [0.4, 0.5) is 0 Å². The summed E-state index contributed by atoms with van der Waals surface area (Å²) in [6.07, 6.45) is 0.285. The van der Waals surface area contributed by atoms with Crippen molar-refractivity contribution in [2.75, 3.05) is 7.11 Å². The van der Waals surface area contributed by atoms with Gasteiger partial charge in [-0.25, -0.2) is 9.59 Å². The van der Waals surface area contributed by atoms with Crippen molar-refractivity contribution in [1.29, 1.82) is 0 Å². The van der Waals surface area contributed by atoms with Gasteiger partial charge in [0, 0.05) is 35.6 Å². The molecule has 1 aliphatic rings. The summed E-state index contributed by atoms with van der Waals surface area (Å²) < 4.78 is 21.9. The molecule has 0 aliphatic carbocycles. The molecule has 1 unspecified atom stereocenters. The quantitative estimate of drug-likeness (QED) is 0.141. The summed E-state index contributed by atoms with van der Waals surface area (Å²) in [5, 5.41) is 10.6. The van der Waals surface area contributed by atoms with E-state index in [4.69, 9.17) is 18.6 Å². The maximum atomic E-state index is 12.4. The van der Waals surface area contributed by atoms with Crippen LogP contribution in [0.25, 0.3) is 11.0 Å². The molecule has 0 radical (unpaired) electrons. The average molecular weight is 579 g/mol. The zero-order chi connectivity index (χ0) is 30.6. The lowest BCUT2D eigenvalue weighted by molar-refractivity contribution is -0.0517. The Bertz CT molecular complexity index is 1820. The molecule has 4 aromatic carbocycles. The molecule has 0 spiro atoms. The van der Waals surface area contributed by atoms with E-state index in [-0.39, 0.29) is 29.2 Å². The molecule has 8 nitrogen and oxygen atoms in total. The molecule has 1 N–H and O–H groups in total. The predicted octanol–water partition coefficient (Wildman–Crippen LogP) is 6.36. The number of carbonyl (C=O) groups is 2. The maximum absolute atomic E-state index is 12.4. The number of rotatable bonds is 6. The van der Waals surface area contributed by atoms with Gasteiger partial charge in [-0.15, -0.1) is 0 Å². The monoisotopic (exact) mass is 578 g/mol. The summed E-state index contributed by atoms with van der Waals surface area (Å²) in [4.78, 5) is 35.9. The van der Waals surface area contributed by atoms with Crippen molar-refractivity contribution in [3.63, 3.8) is 0 Å². The van der Waals surface area contributed by atoms with Crippen molar-refractivity contribution in [2.45, 2.75) is 32.0 Å². The molecule has 43 heavy (non-hydrogen) atoms. The van der Waals surface area contributed by atoms with Gasteiger partial charge in [0.25, 0.3) is 0 Å². The highest BCUT2D eigenvalue weighted by Crippen LogP contribution is 2.37. The van der Waals surface area contributed by atoms with Gasteiger partial charge in [-0.3, -0.25) is 4.79 Å². The maximum Gasteiger partial charge on any atom is 0.338 e. The van der Waals surface area contributed by atoms with Crippen molar-refractivity contribution < 1.29 is 33.3 Å². The Morgan fingerprint density at radius 3 is 2.19 bits per heavy atom. The summed E-state index contributed by atoms with van der Waals surface area (Å²) in [6, 6.07) is 29.2. The third-order valence-corrected chi connectivity index (χ3v) is 7.10. The van der Waals surface area contributed by atoms with E-state index in [1.807, 2.05) is 32.0 Å². The van der Waals surface area contributed by atoms with E-state index in [0.717, 1.165) is 10.9 Å². The zero-order valence-corrected chi connectivity index (χ0v) is 23.9. The standard InChI is InChI=1S/C21H18O5.C14H12O3/c1-21(2,26-20(23)13-6-4-3-5-7-13)18-11-15-10-14-8-9-19(22)25-16(14)12-17(15)24-18;1-17-11-7-8-12(13(15)9-11)14(16)10-5-3-2-4-6-10/h3-10,12,18H,11H2,1-2H3;2-9,15H,1H3. The Balaban J connectivity index is 0.000000188. The van der Waals surface area contributed by atoms with Crippen molar-refractivity contribution >= 4 is 22.7 Å². The van der Waals surface area contributed by atoms with Gasteiger partial charge < -0.3 is 23.7 Å². The van der Waals surface area contributed by atoms with Crippen LogP contribution in [0.2, 0.25) is 0 Å². The van der Waals surface area contributed by atoms with Gasteiger partial charge in [0.15, 0.2) is 5.78 Å². The Labute approximate surface area is 248 Å². The zero-order valence-electron chi connectivity index (χ0n) is 23.9. The number of fused-ring (bicyclic) bond motifs is 2. The largest absolute Gasteiger partial charge is 0.507 e. The van der Waals surface area contributed by atoms with Crippen molar-refractivity contribution in [2.24, 2.45) is 0 Å². The van der Waals surface area contributed by atoms with Gasteiger partial charge >= 0.3 is 11.6 Å². The van der Waals surface area contributed by atoms with E-state index in [0.29, 0.717) is 34.6 Å². The van der Waals surface area contributed by atoms with E-state index < -0.39 is 11.2 Å². The number of esters is 1. The highest BCUT2D eigenvalue weighted by Gasteiger charge is 2.40. The van der Waals surface area contributed by atoms with Crippen molar-refractivity contribution in [3.05, 3.63) is 136 Å². The highest BCUT2D eigenvalue weighted by molar-refractivity contribution is 6.10. The average Bonchev–Trinajstić information content (AvgIpc) is 3.44. The first-order chi connectivity index (χ1) is 20.6. The van der Waals surface area contributed by atoms with E-state index in [2.05, 4.69) is 0 Å². The molecule has 2 heterocycles. The number of carbonyl (C=O) groups excluding carboxylic acids is 2. The highest BCUT2D eigenvalue weighted by atomic mass is 16.6. The molecule has 1 atom stereocenters. The molecule has 0 saturated heterocycles. The van der Waals surface area contributed by atoms with E-state index in [9.17, 15) is 19.5 Å². The van der Waals surface area contributed by atoms with Crippen LogP contribution >= 0.6 is 0 Å². The van der Waals surface area contributed by atoms with Crippen LogP contribution in [0.15, 0.2) is 112 Å². The molecule has 5 aromatic rings. The molecule has 1 aliphatic heterocycles. The molecule has 218 valence electrons. The lowest BCUT2D eigenvalue weighted by Gasteiger charge is -2.30. The summed E-state index contributed by atoms with van der Waals surface area (Å²) in [5.74, 6) is 0.517. The van der Waals surface area contributed by atoms with Gasteiger partial charge in [0.1, 0.15) is 34.5 Å². The second-order valence-electron chi connectivity index (χ2n) is 10.5. The van der Waals surface area contributed by atoms with E-state index in [1.54, 1.807) is 72.8 Å². The first-order valence-electron chi connectivity index (χ1n) is 13.6. The van der Waals surface area contributed by atoms with Crippen LogP contribution < -0.4 is 15.1 Å². The summed E-state index contributed by atoms with van der Waals surface area (Å²) in [5.41, 5.74) is 1.59. The Kier molecular flexibility index (Phi) is 8.29. The Morgan fingerprint density at radius 1 is 0.860 bits per heavy atom. The van der Waals surface area contributed by atoms with E-state index >= 15 is 0 Å². The van der Waals surface area contributed by atoms with Gasteiger partial charge in [-0.1, -0.05) is 48.5 Å². The molecule has 0 fully saturated rings. The van der Waals surface area contributed by atoms with E-state index in [1.165, 1.54) is 19.2 Å². The van der Waals surface area contributed by atoms with Crippen LogP contribution in [-0.2, 0) is 11.2 Å². The fraction of sp³-hybridized carbons (Fsp3) is 0.171. The minimum Gasteiger partial charge on any atom is -0.507 e. The number of hydrogen-bond acceptors (Lipinski definition) is 8. The topological polar surface area (TPSA) is 112 Å². The lowest BCUT2D eigenvalue weighted by Crippen LogP contribution is -2.43. The number of methoxy groups -OCH3 is 1. The fourth-order valence-corrected chi connectivity index (χ4v) is 4.71. The number of aromatic hydroxyl groups is 1. The fourth-order valence-electron chi connectivity index (χ4n) is 4.71. The number of phenolic OH excluding ortho intramolecular Hbond substituents is 1. The molecule has 8 heteroatoms. The SMILES string of the molecule is CC(C)(OC(=O)c1ccccc1)C1Cc2cc3ccc(=O)oc3cc2O1.COc1ccc(C(=O)c2ccccc2)c(O)c1. The Hall–Kier alpha value is -5.37. The van der Waals surface area contributed by atoms with Crippen LogP contribution in [0, 0.1) is 0 Å². The summed E-state index contributed by atoms with van der Waals surface area (Å²) in [7, 11) is 1.51. The van der Waals surface area contributed by atoms with Gasteiger partial charge in [-0.05, 0) is 55.8 Å². The molecule has 0 amide bonds. The van der Waals surface area contributed by atoms with Crippen LogP contribution in [-0.4, -0.2) is 35.7 Å². The van der Waals surface area contributed by atoms with Gasteiger partial charge in [0.2, 0.25) is 0 Å². The number of phenols is 1. The number of benzene rings is 4. The summed E-state index contributed by atoms with van der Waals surface area (Å²) >= 11 is 0. The van der Waals surface area contributed by atoms with Crippen LogP contribution in [0.5, 0.6) is 17.2 Å². The molecule has 0 bridgehead atoms. The van der Waals surface area contributed by atoms with Crippen LogP contribution in [0.1, 0.15) is 45.7 Å². The predicted molar refractivity (Wildman–Crippen MR) is 161 cm³/mol. The third kappa shape index (κ3) is 6.59. The molecule has 0 saturated carbocycles. The minimum atomic E-state index is -0.820. The van der Waals surface area contributed by atoms with Gasteiger partial charge in [-0.2, -0.15) is 0 Å². The smallest absolute Gasteiger partial charge is 0.338 e.